The predicted molar refractivity (Wildman–Crippen MR) is 94.6 cm³/mol. The van der Waals surface area contributed by atoms with Gasteiger partial charge < -0.3 is 10.6 Å². The quantitative estimate of drug-likeness (QED) is 0.799. The van der Waals surface area contributed by atoms with Crippen molar-refractivity contribution in [3.63, 3.8) is 0 Å². The Labute approximate surface area is 143 Å². The minimum absolute atomic E-state index is 0.0927. The molecule has 1 unspecified atom stereocenters. The highest BCUT2D eigenvalue weighted by Crippen LogP contribution is 2.42. The van der Waals surface area contributed by atoms with Crippen LogP contribution < -0.4 is 10.6 Å². The Morgan fingerprint density at radius 2 is 1.96 bits per heavy atom. The molecule has 0 spiro atoms. The predicted octanol–water partition coefficient (Wildman–Crippen LogP) is 3.59. The number of thiophene rings is 1. The standard InChI is InChI=1S/C18H28N2O2S/c1-13(2)11-18(8-4-5-9-18)12-19-16(21)14(3)20-17(22)15-7-6-10-23-15/h6-7,10,13-14H,4-5,8-9,11-12H2,1-3H3,(H,19,21)(H,20,22). The fraction of sp³-hybridized carbons (Fsp3) is 0.667. The van der Waals surface area contributed by atoms with Crippen LogP contribution in [0.25, 0.3) is 0 Å². The van der Waals surface area contributed by atoms with Gasteiger partial charge in [0.25, 0.3) is 5.91 Å². The van der Waals surface area contributed by atoms with Crippen molar-refractivity contribution in [2.24, 2.45) is 11.3 Å². The first-order valence-corrected chi connectivity index (χ1v) is 9.42. The molecule has 1 aromatic rings. The highest BCUT2D eigenvalue weighted by Gasteiger charge is 2.35. The lowest BCUT2D eigenvalue weighted by Gasteiger charge is -2.31. The monoisotopic (exact) mass is 336 g/mol. The maximum atomic E-state index is 12.3. The number of amides is 2. The first-order valence-electron chi connectivity index (χ1n) is 8.54. The van der Waals surface area contributed by atoms with E-state index in [0.29, 0.717) is 10.8 Å². The summed E-state index contributed by atoms with van der Waals surface area (Å²) in [5.41, 5.74) is 0.251. The van der Waals surface area contributed by atoms with Gasteiger partial charge in [-0.25, -0.2) is 0 Å². The normalized spacial score (nSPS) is 17.9. The van der Waals surface area contributed by atoms with Gasteiger partial charge in [-0.1, -0.05) is 32.8 Å². The van der Waals surface area contributed by atoms with Gasteiger partial charge in [-0.2, -0.15) is 0 Å². The number of carbonyl (C=O) groups excluding carboxylic acids is 2. The van der Waals surface area contributed by atoms with Crippen LogP contribution in [-0.2, 0) is 4.79 Å². The molecule has 0 bridgehead atoms. The fourth-order valence-corrected chi connectivity index (χ4v) is 4.24. The summed E-state index contributed by atoms with van der Waals surface area (Å²) in [5.74, 6) is 0.367. The lowest BCUT2D eigenvalue weighted by atomic mass is 9.78. The number of rotatable bonds is 7. The van der Waals surface area contributed by atoms with E-state index in [1.54, 1.807) is 13.0 Å². The topological polar surface area (TPSA) is 58.2 Å². The van der Waals surface area contributed by atoms with Crippen molar-refractivity contribution in [3.8, 4) is 0 Å². The van der Waals surface area contributed by atoms with Crippen molar-refractivity contribution in [1.82, 2.24) is 10.6 Å². The second-order valence-electron chi connectivity index (χ2n) is 7.20. The molecule has 2 N–H and O–H groups in total. The third-order valence-electron chi connectivity index (χ3n) is 4.63. The molecule has 1 aliphatic rings. The van der Waals surface area contributed by atoms with Crippen LogP contribution in [0.4, 0.5) is 0 Å². The molecule has 1 atom stereocenters. The summed E-state index contributed by atoms with van der Waals surface area (Å²) in [5, 5.41) is 7.70. The summed E-state index contributed by atoms with van der Waals surface area (Å²) in [6, 6.07) is 3.09. The summed E-state index contributed by atoms with van der Waals surface area (Å²) >= 11 is 1.38. The van der Waals surface area contributed by atoms with E-state index in [4.69, 9.17) is 0 Å². The largest absolute Gasteiger partial charge is 0.354 e. The molecular weight excluding hydrogens is 308 g/mol. The molecular formula is C18H28N2O2S. The number of carbonyl (C=O) groups is 2. The zero-order valence-corrected chi connectivity index (χ0v) is 15.2. The SMILES string of the molecule is CC(C)CC1(CNC(=O)C(C)NC(=O)c2cccs2)CCCC1. The Morgan fingerprint density at radius 3 is 2.52 bits per heavy atom. The summed E-state index contributed by atoms with van der Waals surface area (Å²) < 4.78 is 0. The van der Waals surface area contributed by atoms with Gasteiger partial charge in [0.2, 0.25) is 5.91 Å². The van der Waals surface area contributed by atoms with Crippen LogP contribution in [0.15, 0.2) is 17.5 Å². The Hall–Kier alpha value is -1.36. The van der Waals surface area contributed by atoms with E-state index in [0.717, 1.165) is 13.0 Å². The first kappa shape index (κ1) is 18.0. The molecule has 2 rings (SSSR count). The molecule has 1 aromatic heterocycles. The minimum Gasteiger partial charge on any atom is -0.354 e. The minimum atomic E-state index is -0.512. The van der Waals surface area contributed by atoms with Crippen LogP contribution in [0.5, 0.6) is 0 Å². The van der Waals surface area contributed by atoms with E-state index < -0.39 is 6.04 Å². The van der Waals surface area contributed by atoms with E-state index in [2.05, 4.69) is 24.5 Å². The van der Waals surface area contributed by atoms with Crippen molar-refractivity contribution in [1.29, 1.82) is 0 Å². The average molecular weight is 337 g/mol. The maximum absolute atomic E-state index is 12.3. The third kappa shape index (κ3) is 5.06. The van der Waals surface area contributed by atoms with Gasteiger partial charge in [-0.05, 0) is 49.0 Å². The molecule has 1 fully saturated rings. The number of hydrogen-bond donors (Lipinski definition) is 2. The molecule has 0 aliphatic heterocycles. The zero-order chi connectivity index (χ0) is 16.9. The molecule has 1 aliphatic carbocycles. The van der Waals surface area contributed by atoms with E-state index in [-0.39, 0.29) is 17.2 Å². The zero-order valence-electron chi connectivity index (χ0n) is 14.4. The Bertz CT molecular complexity index is 519. The highest BCUT2D eigenvalue weighted by atomic mass is 32.1. The third-order valence-corrected chi connectivity index (χ3v) is 5.50. The van der Waals surface area contributed by atoms with Gasteiger partial charge >= 0.3 is 0 Å². The molecule has 5 heteroatoms. The van der Waals surface area contributed by atoms with Crippen molar-refractivity contribution < 1.29 is 9.59 Å². The second-order valence-corrected chi connectivity index (χ2v) is 8.14. The molecule has 4 nitrogen and oxygen atoms in total. The van der Waals surface area contributed by atoms with Crippen LogP contribution in [0.2, 0.25) is 0 Å². The van der Waals surface area contributed by atoms with Gasteiger partial charge in [-0.3, -0.25) is 9.59 Å². The average Bonchev–Trinajstić information content (AvgIpc) is 3.15. The van der Waals surface area contributed by atoms with Crippen molar-refractivity contribution in [2.45, 2.75) is 58.9 Å². The van der Waals surface area contributed by atoms with Crippen LogP contribution in [-0.4, -0.2) is 24.4 Å². The van der Waals surface area contributed by atoms with Gasteiger partial charge in [0.05, 0.1) is 4.88 Å². The van der Waals surface area contributed by atoms with Crippen molar-refractivity contribution >= 4 is 23.2 Å². The van der Waals surface area contributed by atoms with Crippen LogP contribution >= 0.6 is 11.3 Å². The molecule has 128 valence electrons. The lowest BCUT2D eigenvalue weighted by Crippen LogP contribution is -2.47. The molecule has 1 heterocycles. The van der Waals surface area contributed by atoms with Crippen molar-refractivity contribution in [3.05, 3.63) is 22.4 Å². The summed E-state index contributed by atoms with van der Waals surface area (Å²) in [4.78, 5) is 25.0. The van der Waals surface area contributed by atoms with Crippen molar-refractivity contribution in [2.75, 3.05) is 6.54 Å². The maximum Gasteiger partial charge on any atom is 0.261 e. The lowest BCUT2D eigenvalue weighted by molar-refractivity contribution is -0.123. The number of hydrogen-bond acceptors (Lipinski definition) is 3. The molecule has 2 amide bonds. The van der Waals surface area contributed by atoms with Crippen LogP contribution in [0, 0.1) is 11.3 Å². The summed E-state index contributed by atoms with van der Waals surface area (Å²) in [6.07, 6.45) is 6.06. The fourth-order valence-electron chi connectivity index (χ4n) is 3.61. The van der Waals surface area contributed by atoms with Gasteiger partial charge in [0.1, 0.15) is 6.04 Å². The molecule has 0 saturated heterocycles. The summed E-state index contributed by atoms with van der Waals surface area (Å²) in [7, 11) is 0. The Kier molecular flexibility index (Phi) is 6.22. The summed E-state index contributed by atoms with van der Waals surface area (Å²) in [6.45, 7) is 6.95. The van der Waals surface area contributed by atoms with Gasteiger partial charge in [0, 0.05) is 6.54 Å². The molecule has 0 radical (unpaired) electrons. The molecule has 0 aromatic carbocycles. The second kappa shape index (κ2) is 7.95. The Balaban J connectivity index is 1.84. The van der Waals surface area contributed by atoms with E-state index in [1.807, 2.05) is 11.4 Å². The Morgan fingerprint density at radius 1 is 1.26 bits per heavy atom. The molecule has 23 heavy (non-hydrogen) atoms. The first-order chi connectivity index (χ1) is 10.9. The van der Waals surface area contributed by atoms with Gasteiger partial charge in [-0.15, -0.1) is 11.3 Å². The highest BCUT2D eigenvalue weighted by molar-refractivity contribution is 7.12. The van der Waals surface area contributed by atoms with Crippen LogP contribution in [0.1, 0.15) is 62.5 Å². The van der Waals surface area contributed by atoms with Gasteiger partial charge in [0.15, 0.2) is 0 Å². The number of nitrogens with one attached hydrogen (secondary N) is 2. The van der Waals surface area contributed by atoms with Crippen LogP contribution in [0.3, 0.4) is 0 Å². The van der Waals surface area contributed by atoms with E-state index in [1.165, 1.54) is 37.0 Å². The molecule has 1 saturated carbocycles. The van der Waals surface area contributed by atoms with E-state index in [9.17, 15) is 9.59 Å². The smallest absolute Gasteiger partial charge is 0.261 e. The van der Waals surface area contributed by atoms with E-state index >= 15 is 0 Å².